The van der Waals surface area contributed by atoms with Crippen LogP contribution in [0.4, 0.5) is 0 Å². The lowest BCUT2D eigenvalue weighted by atomic mass is 10.2. The molecule has 0 unspecified atom stereocenters. The lowest BCUT2D eigenvalue weighted by Crippen LogP contribution is -2.10. The zero-order valence-electron chi connectivity index (χ0n) is 7.31. The molecule has 1 heterocycles. The molecule has 0 bridgehead atoms. The Morgan fingerprint density at radius 1 is 1.69 bits per heavy atom. The van der Waals surface area contributed by atoms with Crippen molar-refractivity contribution in [3.63, 3.8) is 0 Å². The number of aromatic nitrogens is 2. The maximum absolute atomic E-state index is 10.3. The predicted molar refractivity (Wildman–Crippen MR) is 47.2 cm³/mol. The van der Waals surface area contributed by atoms with Crippen LogP contribution >= 0.6 is 0 Å². The van der Waals surface area contributed by atoms with Crippen LogP contribution in [0.15, 0.2) is 12.3 Å². The van der Waals surface area contributed by atoms with Gasteiger partial charge in [-0.3, -0.25) is 9.48 Å². The number of carboxylic acids is 1. The van der Waals surface area contributed by atoms with E-state index in [0.29, 0.717) is 19.5 Å². The molecule has 0 fully saturated rings. The number of hydrogen-bond donors (Lipinski definition) is 2. The van der Waals surface area contributed by atoms with Crippen LogP contribution in [-0.4, -0.2) is 27.4 Å². The van der Waals surface area contributed by atoms with E-state index in [1.165, 1.54) is 0 Å². The zero-order valence-corrected chi connectivity index (χ0v) is 7.31. The van der Waals surface area contributed by atoms with E-state index in [1.807, 2.05) is 12.3 Å². The van der Waals surface area contributed by atoms with Crippen molar-refractivity contribution in [1.29, 1.82) is 0 Å². The summed E-state index contributed by atoms with van der Waals surface area (Å²) in [4.78, 5) is 10.3. The molecule has 0 saturated heterocycles. The molecule has 0 aliphatic rings. The lowest BCUT2D eigenvalue weighted by Gasteiger charge is -1.96. The van der Waals surface area contributed by atoms with Crippen molar-refractivity contribution in [3.8, 4) is 0 Å². The van der Waals surface area contributed by atoms with Gasteiger partial charge in [0.15, 0.2) is 0 Å². The first-order valence-electron chi connectivity index (χ1n) is 4.16. The number of hydrogen-bond acceptors (Lipinski definition) is 3. The van der Waals surface area contributed by atoms with Crippen molar-refractivity contribution in [2.75, 3.05) is 6.54 Å². The number of nitrogens with two attached hydrogens (primary N) is 1. The van der Waals surface area contributed by atoms with Gasteiger partial charge in [-0.05, 0) is 6.07 Å². The largest absolute Gasteiger partial charge is 0.481 e. The van der Waals surface area contributed by atoms with Crippen molar-refractivity contribution in [2.24, 2.45) is 5.73 Å². The van der Waals surface area contributed by atoms with Crippen molar-refractivity contribution in [1.82, 2.24) is 9.78 Å². The Bertz CT molecular complexity index is 283. The molecule has 0 aliphatic carbocycles. The molecule has 0 aromatic carbocycles. The zero-order chi connectivity index (χ0) is 9.68. The summed E-state index contributed by atoms with van der Waals surface area (Å²) in [6.07, 6.45) is 2.41. The molecule has 5 nitrogen and oxygen atoms in total. The average Bonchev–Trinajstić information content (AvgIpc) is 2.50. The standard InChI is InChI=1S/C8H13N3O2/c9-4-6-11-5-3-7(10-11)1-2-8(12)13/h3,5H,1-2,4,6,9H2,(H,12,13). The average molecular weight is 183 g/mol. The third-order valence-corrected chi connectivity index (χ3v) is 1.65. The van der Waals surface area contributed by atoms with Crippen molar-refractivity contribution in [3.05, 3.63) is 18.0 Å². The van der Waals surface area contributed by atoms with Gasteiger partial charge in [-0.2, -0.15) is 5.10 Å². The molecule has 13 heavy (non-hydrogen) atoms. The SMILES string of the molecule is NCCn1ccc(CCC(=O)O)n1. The topological polar surface area (TPSA) is 81.1 Å². The van der Waals surface area contributed by atoms with Crippen LogP contribution in [0, 0.1) is 0 Å². The summed E-state index contributed by atoms with van der Waals surface area (Å²) in [6.45, 7) is 1.22. The molecule has 0 atom stereocenters. The molecule has 1 aromatic heterocycles. The number of aryl methyl sites for hydroxylation is 1. The highest BCUT2D eigenvalue weighted by Gasteiger charge is 2.01. The van der Waals surface area contributed by atoms with Gasteiger partial charge >= 0.3 is 5.97 Å². The van der Waals surface area contributed by atoms with Crippen LogP contribution in [0.2, 0.25) is 0 Å². The van der Waals surface area contributed by atoms with Crippen molar-refractivity contribution >= 4 is 5.97 Å². The second-order valence-corrected chi connectivity index (χ2v) is 2.75. The predicted octanol–water partition coefficient (Wildman–Crippen LogP) is -0.141. The molecular formula is C8H13N3O2. The van der Waals surface area contributed by atoms with Crippen LogP contribution in [0.25, 0.3) is 0 Å². The van der Waals surface area contributed by atoms with Gasteiger partial charge in [0.05, 0.1) is 18.7 Å². The summed E-state index contributed by atoms with van der Waals surface area (Å²) in [5, 5.41) is 12.6. The first-order valence-corrected chi connectivity index (χ1v) is 4.16. The van der Waals surface area contributed by atoms with Crippen LogP contribution in [0.1, 0.15) is 12.1 Å². The summed E-state index contributed by atoms with van der Waals surface area (Å²) in [5.41, 5.74) is 6.14. The fraction of sp³-hybridized carbons (Fsp3) is 0.500. The molecule has 0 amide bonds. The first kappa shape index (κ1) is 9.73. The molecule has 0 spiro atoms. The summed E-state index contributed by atoms with van der Waals surface area (Å²) in [5.74, 6) is -0.798. The maximum Gasteiger partial charge on any atom is 0.303 e. The summed E-state index contributed by atoms with van der Waals surface area (Å²) in [6, 6.07) is 1.82. The van der Waals surface area contributed by atoms with E-state index in [4.69, 9.17) is 10.8 Å². The summed E-state index contributed by atoms with van der Waals surface area (Å²) >= 11 is 0. The lowest BCUT2D eigenvalue weighted by molar-refractivity contribution is -0.136. The minimum absolute atomic E-state index is 0.125. The molecule has 3 N–H and O–H groups in total. The van der Waals surface area contributed by atoms with Gasteiger partial charge in [0.25, 0.3) is 0 Å². The van der Waals surface area contributed by atoms with Crippen molar-refractivity contribution < 1.29 is 9.90 Å². The van der Waals surface area contributed by atoms with E-state index in [-0.39, 0.29) is 6.42 Å². The summed E-state index contributed by atoms with van der Waals surface area (Å²) in [7, 11) is 0. The monoisotopic (exact) mass is 183 g/mol. The smallest absolute Gasteiger partial charge is 0.303 e. The molecule has 1 rings (SSSR count). The quantitative estimate of drug-likeness (QED) is 0.665. The molecule has 1 aromatic rings. The number of carboxylic acid groups (broad SMARTS) is 1. The Kier molecular flexibility index (Phi) is 3.45. The number of nitrogens with zero attached hydrogens (tertiary/aromatic N) is 2. The highest BCUT2D eigenvalue weighted by Crippen LogP contribution is 1.99. The van der Waals surface area contributed by atoms with Gasteiger partial charge in [0.2, 0.25) is 0 Å². The van der Waals surface area contributed by atoms with E-state index in [0.717, 1.165) is 5.69 Å². The van der Waals surface area contributed by atoms with E-state index >= 15 is 0 Å². The van der Waals surface area contributed by atoms with Crippen molar-refractivity contribution in [2.45, 2.75) is 19.4 Å². The van der Waals surface area contributed by atoms with E-state index in [9.17, 15) is 4.79 Å². The third kappa shape index (κ3) is 3.25. The Morgan fingerprint density at radius 3 is 3.08 bits per heavy atom. The molecule has 0 radical (unpaired) electrons. The molecule has 0 saturated carbocycles. The second-order valence-electron chi connectivity index (χ2n) is 2.75. The third-order valence-electron chi connectivity index (χ3n) is 1.65. The highest BCUT2D eigenvalue weighted by molar-refractivity contribution is 5.66. The minimum atomic E-state index is -0.798. The van der Waals surface area contributed by atoms with Gasteiger partial charge in [-0.25, -0.2) is 0 Å². The van der Waals surface area contributed by atoms with Crippen LogP contribution in [0.3, 0.4) is 0 Å². The Labute approximate surface area is 76.2 Å². The number of rotatable bonds is 5. The van der Waals surface area contributed by atoms with Gasteiger partial charge in [0, 0.05) is 19.2 Å². The van der Waals surface area contributed by atoms with E-state index < -0.39 is 5.97 Å². The minimum Gasteiger partial charge on any atom is -0.481 e. The normalized spacial score (nSPS) is 10.2. The Hall–Kier alpha value is -1.36. The molecule has 0 aliphatic heterocycles. The van der Waals surface area contributed by atoms with Gasteiger partial charge in [-0.15, -0.1) is 0 Å². The van der Waals surface area contributed by atoms with Gasteiger partial charge in [0.1, 0.15) is 0 Å². The first-order chi connectivity index (χ1) is 6.22. The Morgan fingerprint density at radius 2 is 2.46 bits per heavy atom. The van der Waals surface area contributed by atoms with E-state index in [1.54, 1.807) is 4.68 Å². The number of carbonyl (C=O) groups is 1. The van der Waals surface area contributed by atoms with Crippen LogP contribution < -0.4 is 5.73 Å². The molecule has 72 valence electrons. The van der Waals surface area contributed by atoms with Crippen LogP contribution in [-0.2, 0) is 17.8 Å². The fourth-order valence-corrected chi connectivity index (χ4v) is 1.03. The highest BCUT2D eigenvalue weighted by atomic mass is 16.4. The Balaban J connectivity index is 2.44. The van der Waals surface area contributed by atoms with Crippen LogP contribution in [0.5, 0.6) is 0 Å². The molecule has 5 heteroatoms. The van der Waals surface area contributed by atoms with Gasteiger partial charge in [-0.1, -0.05) is 0 Å². The van der Waals surface area contributed by atoms with Gasteiger partial charge < -0.3 is 10.8 Å². The summed E-state index contributed by atoms with van der Waals surface area (Å²) < 4.78 is 1.72. The number of aliphatic carboxylic acids is 1. The second kappa shape index (κ2) is 4.61. The fourth-order valence-electron chi connectivity index (χ4n) is 1.03. The van der Waals surface area contributed by atoms with E-state index in [2.05, 4.69) is 5.10 Å². The maximum atomic E-state index is 10.3. The molecular weight excluding hydrogens is 170 g/mol.